The Hall–Kier alpha value is -1.10. The van der Waals surface area contributed by atoms with Crippen LogP contribution < -0.4 is 0 Å². The lowest BCUT2D eigenvalue weighted by molar-refractivity contribution is -0.126. The third-order valence-corrected chi connectivity index (χ3v) is 3.46. The van der Waals surface area contributed by atoms with E-state index in [9.17, 15) is 9.59 Å². The molecule has 0 bridgehead atoms. The quantitative estimate of drug-likeness (QED) is 0.680. The Morgan fingerprint density at radius 3 is 2.44 bits per heavy atom. The lowest BCUT2D eigenvalue weighted by Crippen LogP contribution is -2.40. The number of rotatable bonds is 0. The zero-order valence-corrected chi connectivity index (χ0v) is 9.60. The normalized spacial score (nSPS) is 39.4. The molecule has 0 aromatic rings. The van der Waals surface area contributed by atoms with Crippen LogP contribution in [-0.4, -0.2) is 40.8 Å². The highest BCUT2D eigenvalue weighted by Gasteiger charge is 2.49. The van der Waals surface area contributed by atoms with Gasteiger partial charge in [0, 0.05) is 18.4 Å². The predicted octanol–water partition coefficient (Wildman–Crippen LogP) is 1.47. The third kappa shape index (κ3) is 1.91. The number of amides is 2. The van der Waals surface area contributed by atoms with Gasteiger partial charge < -0.3 is 9.84 Å². The van der Waals surface area contributed by atoms with Crippen LogP contribution in [0, 0.1) is 5.41 Å². The van der Waals surface area contributed by atoms with Crippen molar-refractivity contribution in [1.29, 1.82) is 0 Å². The third-order valence-electron chi connectivity index (χ3n) is 3.46. The number of hydrogen-bond acceptors (Lipinski definition) is 3. The Morgan fingerprint density at radius 2 is 2.00 bits per heavy atom. The van der Waals surface area contributed by atoms with Crippen molar-refractivity contribution < 1.29 is 19.4 Å². The minimum absolute atomic E-state index is 0.102. The number of nitrogens with zero attached hydrogens (tertiary/aromatic N) is 1. The monoisotopic (exact) mass is 227 g/mol. The number of hydrogen-bond donors (Lipinski definition) is 1. The van der Waals surface area contributed by atoms with Gasteiger partial charge in [-0.15, -0.1) is 0 Å². The van der Waals surface area contributed by atoms with Crippen LogP contribution in [0.5, 0.6) is 0 Å². The molecule has 90 valence electrons. The summed E-state index contributed by atoms with van der Waals surface area (Å²) < 4.78 is 5.63. The van der Waals surface area contributed by atoms with Crippen LogP contribution in [0.15, 0.2) is 0 Å². The van der Waals surface area contributed by atoms with E-state index in [2.05, 4.69) is 0 Å². The topological polar surface area (TPSA) is 66.8 Å². The molecule has 2 aliphatic heterocycles. The summed E-state index contributed by atoms with van der Waals surface area (Å²) in [6.07, 6.45) is 0.959. The van der Waals surface area contributed by atoms with Crippen molar-refractivity contribution in [3.05, 3.63) is 0 Å². The van der Waals surface area contributed by atoms with Crippen molar-refractivity contribution in [2.45, 2.75) is 45.3 Å². The molecular weight excluding hydrogens is 210 g/mol. The maximum atomic E-state index is 11.6. The number of carbonyl (C=O) groups excluding carboxylic acids is 1. The fraction of sp³-hybridized carbons (Fsp3) is 0.818. The molecule has 2 heterocycles. The SMILES string of the molecule is CC1CC2(CC(=O)N(C(=O)O)C2)CC(C)O1. The van der Waals surface area contributed by atoms with Crippen LogP contribution >= 0.6 is 0 Å². The zero-order valence-electron chi connectivity index (χ0n) is 9.60. The van der Waals surface area contributed by atoms with Gasteiger partial charge in [-0.2, -0.15) is 0 Å². The molecule has 2 unspecified atom stereocenters. The number of likely N-dealkylation sites (tertiary alicyclic amines) is 1. The van der Waals surface area contributed by atoms with Gasteiger partial charge in [-0.05, 0) is 26.7 Å². The smallest absolute Gasteiger partial charge is 0.414 e. The van der Waals surface area contributed by atoms with Gasteiger partial charge in [0.15, 0.2) is 0 Å². The molecule has 2 amide bonds. The molecule has 5 nitrogen and oxygen atoms in total. The van der Waals surface area contributed by atoms with Crippen molar-refractivity contribution in [1.82, 2.24) is 4.90 Å². The van der Waals surface area contributed by atoms with E-state index >= 15 is 0 Å². The van der Waals surface area contributed by atoms with E-state index in [4.69, 9.17) is 9.84 Å². The second-order valence-corrected chi connectivity index (χ2v) is 5.10. The minimum atomic E-state index is -1.13. The van der Waals surface area contributed by atoms with Gasteiger partial charge in [0.05, 0.1) is 12.2 Å². The first kappa shape index (κ1) is 11.4. The Kier molecular flexibility index (Phi) is 2.66. The Morgan fingerprint density at radius 1 is 1.44 bits per heavy atom. The highest BCUT2D eigenvalue weighted by Crippen LogP contribution is 2.44. The standard InChI is InChI=1S/C11H17NO4/c1-7-3-11(4-8(2)16-7)5-9(13)12(6-11)10(14)15/h7-8H,3-6H2,1-2H3,(H,14,15). The van der Waals surface area contributed by atoms with E-state index in [1.54, 1.807) is 0 Å². The molecule has 5 heteroatoms. The number of carboxylic acid groups (broad SMARTS) is 1. The summed E-state index contributed by atoms with van der Waals surface area (Å²) in [4.78, 5) is 23.4. The fourth-order valence-electron chi connectivity index (χ4n) is 3.14. The van der Waals surface area contributed by atoms with Gasteiger partial charge in [0.2, 0.25) is 5.91 Å². The van der Waals surface area contributed by atoms with E-state index in [1.165, 1.54) is 0 Å². The highest BCUT2D eigenvalue weighted by molar-refractivity contribution is 5.93. The summed E-state index contributed by atoms with van der Waals surface area (Å²) in [5.41, 5.74) is -0.188. The first-order chi connectivity index (χ1) is 7.42. The number of carbonyl (C=O) groups is 2. The second kappa shape index (κ2) is 3.73. The van der Waals surface area contributed by atoms with Crippen molar-refractivity contribution >= 4 is 12.0 Å². The van der Waals surface area contributed by atoms with Gasteiger partial charge in [-0.3, -0.25) is 4.79 Å². The van der Waals surface area contributed by atoms with E-state index < -0.39 is 6.09 Å². The van der Waals surface area contributed by atoms with Gasteiger partial charge in [-0.25, -0.2) is 9.69 Å². The number of imide groups is 1. The Bertz CT molecular complexity index is 318. The molecule has 1 N–H and O–H groups in total. The van der Waals surface area contributed by atoms with E-state index in [1.807, 2.05) is 13.8 Å². The molecule has 2 saturated heterocycles. The molecule has 0 aromatic heterocycles. The van der Waals surface area contributed by atoms with Crippen LogP contribution in [0.4, 0.5) is 4.79 Å². The highest BCUT2D eigenvalue weighted by atomic mass is 16.5. The maximum Gasteiger partial charge on any atom is 0.414 e. The lowest BCUT2D eigenvalue weighted by Gasteiger charge is -2.39. The lowest BCUT2D eigenvalue weighted by atomic mass is 9.75. The predicted molar refractivity (Wildman–Crippen MR) is 56.0 cm³/mol. The van der Waals surface area contributed by atoms with Crippen molar-refractivity contribution in [3.8, 4) is 0 Å². The van der Waals surface area contributed by atoms with E-state index in [-0.39, 0.29) is 23.5 Å². The molecule has 0 aliphatic carbocycles. The van der Waals surface area contributed by atoms with Gasteiger partial charge in [0.1, 0.15) is 0 Å². The van der Waals surface area contributed by atoms with E-state index in [0.717, 1.165) is 17.7 Å². The van der Waals surface area contributed by atoms with E-state index in [0.29, 0.717) is 13.0 Å². The van der Waals surface area contributed by atoms with Gasteiger partial charge >= 0.3 is 6.09 Å². The van der Waals surface area contributed by atoms with Crippen LogP contribution in [-0.2, 0) is 9.53 Å². The van der Waals surface area contributed by atoms with Crippen LogP contribution in [0.1, 0.15) is 33.1 Å². The minimum Gasteiger partial charge on any atom is -0.465 e. The molecule has 0 radical (unpaired) electrons. The molecular formula is C11H17NO4. The molecule has 2 fully saturated rings. The Labute approximate surface area is 94.4 Å². The first-order valence-electron chi connectivity index (χ1n) is 5.61. The van der Waals surface area contributed by atoms with Gasteiger partial charge in [0.25, 0.3) is 0 Å². The summed E-state index contributed by atoms with van der Waals surface area (Å²) in [6.45, 7) is 4.29. The van der Waals surface area contributed by atoms with Crippen molar-refractivity contribution in [2.75, 3.05) is 6.54 Å². The molecule has 2 rings (SSSR count). The molecule has 16 heavy (non-hydrogen) atoms. The van der Waals surface area contributed by atoms with Crippen LogP contribution in [0.25, 0.3) is 0 Å². The summed E-state index contributed by atoms with van der Waals surface area (Å²) in [7, 11) is 0. The average Bonchev–Trinajstić information content (AvgIpc) is 2.40. The van der Waals surface area contributed by atoms with Crippen molar-refractivity contribution in [2.24, 2.45) is 5.41 Å². The van der Waals surface area contributed by atoms with Crippen molar-refractivity contribution in [3.63, 3.8) is 0 Å². The second-order valence-electron chi connectivity index (χ2n) is 5.10. The molecule has 2 aliphatic rings. The summed E-state index contributed by atoms with van der Waals surface area (Å²) in [5, 5.41) is 8.90. The van der Waals surface area contributed by atoms with Crippen LogP contribution in [0.3, 0.4) is 0 Å². The molecule has 1 spiro atoms. The first-order valence-corrected chi connectivity index (χ1v) is 5.61. The maximum absolute atomic E-state index is 11.6. The summed E-state index contributed by atoms with van der Waals surface area (Å²) in [5.74, 6) is -0.270. The van der Waals surface area contributed by atoms with Crippen LogP contribution in [0.2, 0.25) is 0 Å². The number of ether oxygens (including phenoxy) is 1. The molecule has 0 aromatic carbocycles. The molecule has 0 saturated carbocycles. The fourth-order valence-corrected chi connectivity index (χ4v) is 3.14. The average molecular weight is 227 g/mol. The largest absolute Gasteiger partial charge is 0.465 e. The summed E-state index contributed by atoms with van der Waals surface area (Å²) in [6, 6.07) is 0. The zero-order chi connectivity index (χ0) is 11.9. The van der Waals surface area contributed by atoms with Gasteiger partial charge in [-0.1, -0.05) is 0 Å². The molecule has 2 atom stereocenters. The summed E-state index contributed by atoms with van der Waals surface area (Å²) >= 11 is 0. The Balaban J connectivity index is 2.15.